The number of allylic oxidation sites excluding steroid dienone is 2. The highest BCUT2D eigenvalue weighted by Gasteiger charge is 1.99. The first-order valence-electron chi connectivity index (χ1n) is 4.85. The second-order valence-corrected chi connectivity index (χ2v) is 3.91. The average Bonchev–Trinajstić information content (AvgIpc) is 2.03. The SMILES string of the molecule is C/C(=C/C(C)C)c1ccccc1C. The van der Waals surface area contributed by atoms with Gasteiger partial charge < -0.3 is 0 Å². The summed E-state index contributed by atoms with van der Waals surface area (Å²) >= 11 is 0. The lowest BCUT2D eigenvalue weighted by atomic mass is 9.99. The molecule has 0 saturated carbocycles. The Hall–Kier alpha value is -1.04. The lowest BCUT2D eigenvalue weighted by Crippen LogP contribution is -1.87. The zero-order valence-corrected chi connectivity index (χ0v) is 8.96. The van der Waals surface area contributed by atoms with E-state index in [1.807, 2.05) is 0 Å². The first kappa shape index (κ1) is 10.0. The molecule has 1 aromatic rings. The van der Waals surface area contributed by atoms with Crippen LogP contribution >= 0.6 is 0 Å². The van der Waals surface area contributed by atoms with E-state index in [0.717, 1.165) is 0 Å². The van der Waals surface area contributed by atoms with Gasteiger partial charge in [0.15, 0.2) is 0 Å². The predicted octanol–water partition coefficient (Wildman–Crippen LogP) is 4.05. The molecule has 0 nitrogen and oxygen atoms in total. The Morgan fingerprint density at radius 1 is 1.23 bits per heavy atom. The van der Waals surface area contributed by atoms with Gasteiger partial charge in [-0.05, 0) is 36.5 Å². The molecule has 0 spiro atoms. The van der Waals surface area contributed by atoms with Gasteiger partial charge in [0.2, 0.25) is 0 Å². The minimum atomic E-state index is 0.625. The van der Waals surface area contributed by atoms with Gasteiger partial charge in [-0.3, -0.25) is 0 Å². The van der Waals surface area contributed by atoms with E-state index >= 15 is 0 Å². The Balaban J connectivity index is 3.02. The van der Waals surface area contributed by atoms with Crippen LogP contribution in [-0.2, 0) is 0 Å². The molecule has 0 aliphatic rings. The first-order valence-corrected chi connectivity index (χ1v) is 4.85. The van der Waals surface area contributed by atoms with Crippen molar-refractivity contribution in [3.05, 3.63) is 41.5 Å². The standard InChI is InChI=1S/C13H18/c1-10(2)9-12(4)13-8-6-5-7-11(13)3/h5-10H,1-4H3/b12-9-. The van der Waals surface area contributed by atoms with Crippen molar-refractivity contribution in [3.63, 3.8) is 0 Å². The molecule has 0 heteroatoms. The summed E-state index contributed by atoms with van der Waals surface area (Å²) in [5, 5.41) is 0. The third kappa shape index (κ3) is 2.73. The average molecular weight is 174 g/mol. The monoisotopic (exact) mass is 174 g/mol. The molecule has 0 aromatic heterocycles. The molecule has 0 heterocycles. The summed E-state index contributed by atoms with van der Waals surface area (Å²) in [7, 11) is 0. The van der Waals surface area contributed by atoms with Crippen molar-refractivity contribution in [2.75, 3.05) is 0 Å². The molecule has 0 radical (unpaired) electrons. The van der Waals surface area contributed by atoms with Crippen molar-refractivity contribution in [2.24, 2.45) is 5.92 Å². The number of aryl methyl sites for hydroxylation is 1. The van der Waals surface area contributed by atoms with Crippen LogP contribution in [-0.4, -0.2) is 0 Å². The summed E-state index contributed by atoms with van der Waals surface area (Å²) in [5.74, 6) is 0.625. The van der Waals surface area contributed by atoms with E-state index < -0.39 is 0 Å². The van der Waals surface area contributed by atoms with Crippen LogP contribution in [0.5, 0.6) is 0 Å². The fourth-order valence-corrected chi connectivity index (χ4v) is 1.61. The van der Waals surface area contributed by atoms with Crippen molar-refractivity contribution in [3.8, 4) is 0 Å². The van der Waals surface area contributed by atoms with Crippen LogP contribution in [0.25, 0.3) is 5.57 Å². The number of hydrogen-bond donors (Lipinski definition) is 0. The van der Waals surface area contributed by atoms with Gasteiger partial charge in [0, 0.05) is 0 Å². The molecular formula is C13H18. The van der Waals surface area contributed by atoms with Gasteiger partial charge in [-0.25, -0.2) is 0 Å². The molecule has 1 rings (SSSR count). The molecule has 0 amide bonds. The van der Waals surface area contributed by atoms with Gasteiger partial charge in [0.1, 0.15) is 0 Å². The molecule has 1 aromatic carbocycles. The number of hydrogen-bond acceptors (Lipinski definition) is 0. The van der Waals surface area contributed by atoms with Crippen LogP contribution in [0.1, 0.15) is 31.9 Å². The van der Waals surface area contributed by atoms with Gasteiger partial charge in [0.05, 0.1) is 0 Å². The van der Waals surface area contributed by atoms with E-state index in [2.05, 4.69) is 58.0 Å². The Kier molecular flexibility index (Phi) is 3.30. The van der Waals surface area contributed by atoms with Gasteiger partial charge in [0.25, 0.3) is 0 Å². The summed E-state index contributed by atoms with van der Waals surface area (Å²) < 4.78 is 0. The Morgan fingerprint density at radius 2 is 1.85 bits per heavy atom. The van der Waals surface area contributed by atoms with Crippen LogP contribution in [0.15, 0.2) is 30.3 Å². The molecule has 0 aliphatic heterocycles. The van der Waals surface area contributed by atoms with Crippen molar-refractivity contribution in [1.82, 2.24) is 0 Å². The van der Waals surface area contributed by atoms with E-state index in [-0.39, 0.29) is 0 Å². The Labute approximate surface area is 81.3 Å². The topological polar surface area (TPSA) is 0 Å². The molecule has 0 atom stereocenters. The maximum absolute atomic E-state index is 2.31. The van der Waals surface area contributed by atoms with E-state index in [1.54, 1.807) is 0 Å². The molecule has 0 bridgehead atoms. The molecule has 13 heavy (non-hydrogen) atoms. The second kappa shape index (κ2) is 4.27. The van der Waals surface area contributed by atoms with Gasteiger partial charge in [-0.2, -0.15) is 0 Å². The molecule has 0 N–H and O–H groups in total. The van der Waals surface area contributed by atoms with Crippen molar-refractivity contribution in [2.45, 2.75) is 27.7 Å². The minimum absolute atomic E-state index is 0.625. The predicted molar refractivity (Wildman–Crippen MR) is 59.7 cm³/mol. The molecule has 70 valence electrons. The van der Waals surface area contributed by atoms with E-state index in [9.17, 15) is 0 Å². The van der Waals surface area contributed by atoms with Crippen molar-refractivity contribution >= 4 is 5.57 Å². The normalized spacial score (nSPS) is 12.2. The Bertz CT molecular complexity index is 306. The summed E-state index contributed by atoms with van der Waals surface area (Å²) in [5.41, 5.74) is 4.11. The highest BCUT2D eigenvalue weighted by molar-refractivity contribution is 5.66. The Morgan fingerprint density at radius 3 is 2.38 bits per heavy atom. The smallest absolute Gasteiger partial charge is 0.0201 e. The van der Waals surface area contributed by atoms with Crippen molar-refractivity contribution < 1.29 is 0 Å². The third-order valence-electron chi connectivity index (χ3n) is 2.15. The largest absolute Gasteiger partial charge is 0.0784 e. The second-order valence-electron chi connectivity index (χ2n) is 3.91. The number of rotatable bonds is 2. The highest BCUT2D eigenvalue weighted by atomic mass is 14.0. The van der Waals surface area contributed by atoms with E-state index in [1.165, 1.54) is 16.7 Å². The summed E-state index contributed by atoms with van der Waals surface area (Å²) in [6.45, 7) is 8.76. The van der Waals surface area contributed by atoms with Crippen LogP contribution in [0.3, 0.4) is 0 Å². The fourth-order valence-electron chi connectivity index (χ4n) is 1.61. The molecule has 0 saturated heterocycles. The third-order valence-corrected chi connectivity index (χ3v) is 2.15. The molecule has 0 fully saturated rings. The lowest BCUT2D eigenvalue weighted by Gasteiger charge is -2.06. The number of benzene rings is 1. The minimum Gasteiger partial charge on any atom is -0.0784 e. The van der Waals surface area contributed by atoms with Crippen LogP contribution in [0.2, 0.25) is 0 Å². The van der Waals surface area contributed by atoms with Gasteiger partial charge in [-0.1, -0.05) is 44.2 Å². The lowest BCUT2D eigenvalue weighted by molar-refractivity contribution is 0.833. The van der Waals surface area contributed by atoms with Crippen LogP contribution in [0.4, 0.5) is 0 Å². The zero-order valence-electron chi connectivity index (χ0n) is 8.96. The fraction of sp³-hybridized carbons (Fsp3) is 0.385. The molecule has 0 unspecified atom stereocenters. The summed E-state index contributed by atoms with van der Waals surface area (Å²) in [4.78, 5) is 0. The van der Waals surface area contributed by atoms with Gasteiger partial charge in [-0.15, -0.1) is 0 Å². The summed E-state index contributed by atoms with van der Waals surface area (Å²) in [6, 6.07) is 8.53. The molecular weight excluding hydrogens is 156 g/mol. The zero-order chi connectivity index (χ0) is 9.84. The molecule has 0 aliphatic carbocycles. The van der Waals surface area contributed by atoms with Crippen molar-refractivity contribution in [1.29, 1.82) is 0 Å². The highest BCUT2D eigenvalue weighted by Crippen LogP contribution is 2.19. The maximum atomic E-state index is 2.31. The quantitative estimate of drug-likeness (QED) is 0.634. The first-order chi connectivity index (χ1) is 6.11. The van der Waals surface area contributed by atoms with Crippen LogP contribution < -0.4 is 0 Å². The summed E-state index contributed by atoms with van der Waals surface area (Å²) in [6.07, 6.45) is 2.31. The van der Waals surface area contributed by atoms with Crippen LogP contribution in [0, 0.1) is 12.8 Å². The van der Waals surface area contributed by atoms with E-state index in [0.29, 0.717) is 5.92 Å². The maximum Gasteiger partial charge on any atom is -0.0201 e. The van der Waals surface area contributed by atoms with Gasteiger partial charge >= 0.3 is 0 Å². The van der Waals surface area contributed by atoms with E-state index in [4.69, 9.17) is 0 Å².